The van der Waals surface area contributed by atoms with Gasteiger partial charge in [-0.2, -0.15) is 0 Å². The van der Waals surface area contributed by atoms with E-state index < -0.39 is 12.1 Å². The lowest BCUT2D eigenvalue weighted by Gasteiger charge is -2.46. The van der Waals surface area contributed by atoms with Gasteiger partial charge in [0.25, 0.3) is 11.8 Å². The van der Waals surface area contributed by atoms with E-state index in [1.807, 2.05) is 89.8 Å². The van der Waals surface area contributed by atoms with Gasteiger partial charge in [-0.25, -0.2) is 0 Å². The van der Waals surface area contributed by atoms with Gasteiger partial charge < -0.3 is 15.4 Å². The molecule has 0 bridgehead atoms. The van der Waals surface area contributed by atoms with Crippen molar-refractivity contribution in [2.45, 2.75) is 12.7 Å². The summed E-state index contributed by atoms with van der Waals surface area (Å²) in [6.07, 6.45) is -0.398. The van der Waals surface area contributed by atoms with Crippen molar-refractivity contribution in [3.63, 3.8) is 0 Å². The number of nitrogens with zero attached hydrogens (tertiary/aromatic N) is 2. The molecule has 6 heteroatoms. The first-order valence-electron chi connectivity index (χ1n) is 11.4. The number of primary amides is 1. The Kier molecular flexibility index (Phi) is 6.18. The third-order valence-electron chi connectivity index (χ3n) is 5.99. The first kappa shape index (κ1) is 22.2. The quantitative estimate of drug-likeness (QED) is 0.422. The van der Waals surface area contributed by atoms with Gasteiger partial charge in [0, 0.05) is 12.2 Å². The summed E-state index contributed by atoms with van der Waals surface area (Å²) in [4.78, 5) is 29.1. The molecule has 4 aromatic rings. The zero-order valence-corrected chi connectivity index (χ0v) is 19.1. The molecule has 0 fully saturated rings. The molecule has 5 rings (SSSR count). The van der Waals surface area contributed by atoms with E-state index in [9.17, 15) is 9.59 Å². The van der Waals surface area contributed by atoms with Gasteiger partial charge in [-0.15, -0.1) is 0 Å². The van der Waals surface area contributed by atoms with E-state index in [2.05, 4.69) is 17.0 Å². The molecule has 0 aromatic heterocycles. The van der Waals surface area contributed by atoms with E-state index in [0.29, 0.717) is 17.9 Å². The molecule has 1 aliphatic rings. The molecular formula is C29H25N3O3. The predicted molar refractivity (Wildman–Crippen MR) is 136 cm³/mol. The fourth-order valence-corrected chi connectivity index (χ4v) is 4.44. The second-order valence-electron chi connectivity index (χ2n) is 8.34. The first-order valence-corrected chi connectivity index (χ1v) is 11.4. The lowest BCUT2D eigenvalue weighted by molar-refractivity contribution is -0.119. The van der Waals surface area contributed by atoms with E-state index in [4.69, 9.17) is 10.5 Å². The van der Waals surface area contributed by atoms with Crippen LogP contribution < -0.4 is 20.3 Å². The highest BCUT2D eigenvalue weighted by Gasteiger charge is 2.39. The molecule has 35 heavy (non-hydrogen) atoms. The van der Waals surface area contributed by atoms with Crippen LogP contribution in [0.5, 0.6) is 5.75 Å². The fourth-order valence-electron chi connectivity index (χ4n) is 4.44. The molecule has 0 radical (unpaired) electrons. The Hall–Kier alpha value is -4.58. The number of carbonyl (C=O) groups is 2. The topological polar surface area (TPSA) is 75.9 Å². The van der Waals surface area contributed by atoms with Crippen LogP contribution in [0.4, 0.5) is 11.4 Å². The summed E-state index contributed by atoms with van der Waals surface area (Å²) in [7, 11) is 0. The van der Waals surface area contributed by atoms with Crippen LogP contribution in [0.25, 0.3) is 0 Å². The van der Waals surface area contributed by atoms with Gasteiger partial charge in [-0.3, -0.25) is 14.5 Å². The van der Waals surface area contributed by atoms with E-state index in [-0.39, 0.29) is 12.5 Å². The van der Waals surface area contributed by atoms with Crippen LogP contribution in [0.2, 0.25) is 0 Å². The van der Waals surface area contributed by atoms with Crippen molar-refractivity contribution >= 4 is 23.2 Å². The number of anilines is 2. The molecule has 4 aromatic carbocycles. The van der Waals surface area contributed by atoms with Gasteiger partial charge in [-0.05, 0) is 47.5 Å². The molecule has 0 spiro atoms. The summed E-state index contributed by atoms with van der Waals surface area (Å²) in [6.45, 7) is 0.421. The lowest BCUT2D eigenvalue weighted by Crippen LogP contribution is -2.49. The van der Waals surface area contributed by atoms with Gasteiger partial charge >= 0.3 is 0 Å². The standard InChI is InChI=1S/C29H25N3O3/c30-27(33)20-35-24-17-15-22(16-18-24)28-31(19-21-9-3-1-4-10-21)26-14-8-7-13-25(26)29(34)32(28)23-11-5-2-6-12-23/h1-18,28H,19-20H2,(H2,30,33)/t28-/m0/s1. The highest BCUT2D eigenvalue weighted by atomic mass is 16.5. The smallest absolute Gasteiger partial charge is 0.262 e. The van der Waals surface area contributed by atoms with Crippen LogP contribution in [0.3, 0.4) is 0 Å². The minimum atomic E-state index is -0.534. The van der Waals surface area contributed by atoms with Crippen LogP contribution >= 0.6 is 0 Å². The number of nitrogens with two attached hydrogens (primary N) is 1. The Bertz CT molecular complexity index is 1320. The van der Waals surface area contributed by atoms with Crippen molar-refractivity contribution in [2.75, 3.05) is 16.4 Å². The number of hydrogen-bond donors (Lipinski definition) is 1. The number of para-hydroxylation sites is 2. The number of carbonyl (C=O) groups excluding carboxylic acids is 2. The number of ether oxygens (including phenoxy) is 1. The maximum atomic E-state index is 13.9. The Morgan fingerprint density at radius 3 is 2.11 bits per heavy atom. The Morgan fingerprint density at radius 1 is 0.800 bits per heavy atom. The largest absolute Gasteiger partial charge is 0.484 e. The number of hydrogen-bond acceptors (Lipinski definition) is 4. The van der Waals surface area contributed by atoms with Gasteiger partial charge in [0.15, 0.2) is 6.61 Å². The average Bonchev–Trinajstić information content (AvgIpc) is 2.90. The summed E-state index contributed by atoms with van der Waals surface area (Å²) in [5.74, 6) is -0.0565. The normalized spacial score (nSPS) is 15.0. The highest BCUT2D eigenvalue weighted by molar-refractivity contribution is 6.12. The zero-order chi connectivity index (χ0) is 24.2. The number of fused-ring (bicyclic) bond motifs is 1. The van der Waals surface area contributed by atoms with Crippen LogP contribution in [0.15, 0.2) is 109 Å². The highest BCUT2D eigenvalue weighted by Crippen LogP contribution is 2.42. The van der Waals surface area contributed by atoms with Crippen LogP contribution in [0, 0.1) is 0 Å². The van der Waals surface area contributed by atoms with Gasteiger partial charge in [0.2, 0.25) is 0 Å². The van der Waals surface area contributed by atoms with Crippen molar-refractivity contribution in [1.82, 2.24) is 0 Å². The lowest BCUT2D eigenvalue weighted by atomic mass is 9.99. The Labute approximate surface area is 204 Å². The molecule has 174 valence electrons. The molecule has 2 N–H and O–H groups in total. The molecule has 0 saturated heterocycles. The first-order chi connectivity index (χ1) is 17.1. The summed E-state index contributed by atoms with van der Waals surface area (Å²) in [5, 5.41) is 0. The van der Waals surface area contributed by atoms with Crippen molar-refractivity contribution in [1.29, 1.82) is 0 Å². The summed E-state index contributed by atoms with van der Waals surface area (Å²) in [5.41, 5.74) is 9.61. The summed E-state index contributed by atoms with van der Waals surface area (Å²) < 4.78 is 5.45. The van der Waals surface area contributed by atoms with Crippen molar-refractivity contribution in [3.8, 4) is 5.75 Å². The second-order valence-corrected chi connectivity index (χ2v) is 8.34. The number of rotatable bonds is 7. The van der Waals surface area contributed by atoms with Crippen molar-refractivity contribution in [3.05, 3.63) is 126 Å². The van der Waals surface area contributed by atoms with Crippen molar-refractivity contribution < 1.29 is 14.3 Å². The third kappa shape index (κ3) is 4.59. The molecule has 1 aliphatic heterocycles. The minimum absolute atomic E-state index is 0.0600. The monoisotopic (exact) mass is 463 g/mol. The van der Waals surface area contributed by atoms with E-state index in [1.54, 1.807) is 12.1 Å². The van der Waals surface area contributed by atoms with Crippen LogP contribution in [-0.4, -0.2) is 18.4 Å². The SMILES string of the molecule is NC(=O)COc1ccc([C@H]2N(Cc3ccccc3)c3ccccc3C(=O)N2c2ccccc2)cc1. The fraction of sp³-hybridized carbons (Fsp3) is 0.103. The third-order valence-corrected chi connectivity index (χ3v) is 5.99. The minimum Gasteiger partial charge on any atom is -0.484 e. The van der Waals surface area contributed by atoms with Gasteiger partial charge in [0.1, 0.15) is 11.9 Å². The van der Waals surface area contributed by atoms with Crippen molar-refractivity contribution in [2.24, 2.45) is 5.73 Å². The number of amides is 2. The Morgan fingerprint density at radius 2 is 1.43 bits per heavy atom. The van der Waals surface area contributed by atoms with E-state index in [1.165, 1.54) is 0 Å². The van der Waals surface area contributed by atoms with E-state index in [0.717, 1.165) is 22.5 Å². The van der Waals surface area contributed by atoms with Gasteiger partial charge in [0.05, 0.1) is 11.3 Å². The average molecular weight is 464 g/mol. The van der Waals surface area contributed by atoms with Crippen LogP contribution in [0.1, 0.15) is 27.7 Å². The second kappa shape index (κ2) is 9.73. The zero-order valence-electron chi connectivity index (χ0n) is 19.1. The molecule has 0 unspecified atom stereocenters. The molecule has 6 nitrogen and oxygen atoms in total. The maximum Gasteiger partial charge on any atom is 0.262 e. The molecule has 1 heterocycles. The number of benzene rings is 4. The van der Waals surface area contributed by atoms with E-state index >= 15 is 0 Å². The van der Waals surface area contributed by atoms with Crippen LogP contribution in [-0.2, 0) is 11.3 Å². The predicted octanol–water partition coefficient (Wildman–Crippen LogP) is 4.92. The molecule has 0 aliphatic carbocycles. The molecular weight excluding hydrogens is 438 g/mol. The Balaban J connectivity index is 1.63. The summed E-state index contributed by atoms with van der Waals surface area (Å²) >= 11 is 0. The molecule has 1 atom stereocenters. The molecule has 2 amide bonds. The molecule has 0 saturated carbocycles. The maximum absolute atomic E-state index is 13.9. The summed E-state index contributed by atoms with van der Waals surface area (Å²) in [6, 6.07) is 35.1. The van der Waals surface area contributed by atoms with Gasteiger partial charge in [-0.1, -0.05) is 72.8 Å².